The van der Waals surface area contributed by atoms with Gasteiger partial charge >= 0.3 is 0 Å². The number of hydrogen-bond acceptors (Lipinski definition) is 4. The van der Waals surface area contributed by atoms with Crippen LogP contribution in [0.4, 0.5) is 0 Å². The maximum absolute atomic E-state index is 5.44. The smallest absolute Gasteiger partial charge is 0.190 e. The molecule has 2 N–H and O–H groups in total. The largest absolute Gasteiger partial charge is 0.496 e. The van der Waals surface area contributed by atoms with Gasteiger partial charge in [-0.2, -0.15) is 0 Å². The number of aryl methyl sites for hydroxylation is 1. The van der Waals surface area contributed by atoms with E-state index in [2.05, 4.69) is 34.7 Å². The highest BCUT2D eigenvalue weighted by Crippen LogP contribution is 2.19. The van der Waals surface area contributed by atoms with Gasteiger partial charge in [-0.25, -0.2) is 0 Å². The summed E-state index contributed by atoms with van der Waals surface area (Å²) in [5, 5.41) is 6.67. The molecule has 26 heavy (non-hydrogen) atoms. The number of nitrogens with zero attached hydrogens (tertiary/aromatic N) is 1. The lowest BCUT2D eigenvalue weighted by Gasteiger charge is -2.13. The molecule has 0 aliphatic carbocycles. The van der Waals surface area contributed by atoms with E-state index in [9.17, 15) is 0 Å². The second-order valence-corrected chi connectivity index (χ2v) is 5.80. The Bertz CT molecular complexity index is 513. The summed E-state index contributed by atoms with van der Waals surface area (Å²) in [4.78, 5) is 4.25. The van der Waals surface area contributed by atoms with E-state index in [1.807, 2.05) is 6.07 Å². The fourth-order valence-electron chi connectivity index (χ4n) is 2.42. The molecule has 0 fully saturated rings. The summed E-state index contributed by atoms with van der Waals surface area (Å²) >= 11 is 0. The van der Waals surface area contributed by atoms with Crippen molar-refractivity contribution in [2.24, 2.45) is 4.99 Å². The Labute approximate surface area is 175 Å². The van der Waals surface area contributed by atoms with Crippen LogP contribution in [0.5, 0.6) is 5.75 Å². The van der Waals surface area contributed by atoms with Gasteiger partial charge in [-0.1, -0.05) is 17.7 Å². The van der Waals surface area contributed by atoms with Crippen molar-refractivity contribution in [1.82, 2.24) is 10.6 Å². The quantitative estimate of drug-likeness (QED) is 0.209. The lowest BCUT2D eigenvalue weighted by atomic mass is 10.1. The van der Waals surface area contributed by atoms with Gasteiger partial charge in [0.1, 0.15) is 5.75 Å². The number of unbranched alkanes of at least 4 members (excludes halogenated alkanes) is 1. The van der Waals surface area contributed by atoms with Crippen molar-refractivity contribution in [2.45, 2.75) is 26.2 Å². The standard InChI is InChI=1S/C19H33N3O3.HI/c1-16-7-8-18(24-4)17(15-16)9-11-22-19(20-2)21-10-5-6-12-25-14-13-23-3;/h7-8,15H,5-6,9-14H2,1-4H3,(H2,20,21,22);1H. The zero-order valence-electron chi connectivity index (χ0n) is 16.5. The maximum Gasteiger partial charge on any atom is 0.190 e. The van der Waals surface area contributed by atoms with E-state index in [1.54, 1.807) is 21.3 Å². The van der Waals surface area contributed by atoms with Gasteiger partial charge in [0.05, 0.1) is 20.3 Å². The third-order valence-electron chi connectivity index (χ3n) is 3.79. The molecule has 0 saturated carbocycles. The number of aliphatic imine (C=N–C) groups is 1. The molecule has 0 radical (unpaired) electrons. The van der Waals surface area contributed by atoms with Crippen LogP contribution in [0, 0.1) is 6.92 Å². The van der Waals surface area contributed by atoms with E-state index in [0.29, 0.717) is 13.2 Å². The lowest BCUT2D eigenvalue weighted by Crippen LogP contribution is -2.38. The van der Waals surface area contributed by atoms with Crippen molar-refractivity contribution in [2.75, 3.05) is 54.2 Å². The minimum Gasteiger partial charge on any atom is -0.496 e. The number of ether oxygens (including phenoxy) is 3. The van der Waals surface area contributed by atoms with Crippen LogP contribution in [0.1, 0.15) is 24.0 Å². The minimum atomic E-state index is 0. The first-order chi connectivity index (χ1) is 12.2. The van der Waals surface area contributed by atoms with Crippen molar-refractivity contribution < 1.29 is 14.2 Å². The van der Waals surface area contributed by atoms with E-state index in [-0.39, 0.29) is 24.0 Å². The predicted octanol–water partition coefficient (Wildman–Crippen LogP) is 2.77. The van der Waals surface area contributed by atoms with Gasteiger partial charge in [0.25, 0.3) is 0 Å². The van der Waals surface area contributed by atoms with E-state index < -0.39 is 0 Å². The number of guanidine groups is 1. The number of nitrogens with one attached hydrogen (secondary N) is 2. The number of rotatable bonds is 12. The molecule has 1 aromatic rings. The van der Waals surface area contributed by atoms with Gasteiger partial charge in [0.2, 0.25) is 0 Å². The van der Waals surface area contributed by atoms with E-state index >= 15 is 0 Å². The van der Waals surface area contributed by atoms with Crippen LogP contribution >= 0.6 is 24.0 Å². The first kappa shape index (κ1) is 24.9. The molecule has 0 saturated heterocycles. The third-order valence-corrected chi connectivity index (χ3v) is 3.79. The first-order valence-corrected chi connectivity index (χ1v) is 8.86. The molecule has 1 rings (SSSR count). The summed E-state index contributed by atoms with van der Waals surface area (Å²) in [6, 6.07) is 6.25. The Morgan fingerprint density at radius 2 is 1.81 bits per heavy atom. The highest BCUT2D eigenvalue weighted by Gasteiger charge is 2.04. The van der Waals surface area contributed by atoms with Crippen LogP contribution in [0.15, 0.2) is 23.2 Å². The molecule has 0 atom stereocenters. The van der Waals surface area contributed by atoms with Crippen molar-refractivity contribution >= 4 is 29.9 Å². The molecule has 6 nitrogen and oxygen atoms in total. The van der Waals surface area contributed by atoms with Crippen molar-refractivity contribution in [1.29, 1.82) is 0 Å². The van der Waals surface area contributed by atoms with Crippen LogP contribution in [-0.2, 0) is 15.9 Å². The van der Waals surface area contributed by atoms with Crippen molar-refractivity contribution in [3.63, 3.8) is 0 Å². The second kappa shape index (κ2) is 16.1. The average molecular weight is 479 g/mol. The van der Waals surface area contributed by atoms with Gasteiger partial charge in [-0.3, -0.25) is 4.99 Å². The number of hydrogen-bond donors (Lipinski definition) is 2. The van der Waals surface area contributed by atoms with Gasteiger partial charge < -0.3 is 24.8 Å². The number of halogens is 1. The van der Waals surface area contributed by atoms with E-state index in [4.69, 9.17) is 14.2 Å². The monoisotopic (exact) mass is 479 g/mol. The highest BCUT2D eigenvalue weighted by molar-refractivity contribution is 14.0. The zero-order chi connectivity index (χ0) is 18.3. The Balaban J connectivity index is 0.00000625. The molecule has 0 unspecified atom stereocenters. The minimum absolute atomic E-state index is 0. The van der Waals surface area contributed by atoms with Crippen molar-refractivity contribution in [3.05, 3.63) is 29.3 Å². The zero-order valence-corrected chi connectivity index (χ0v) is 18.8. The second-order valence-electron chi connectivity index (χ2n) is 5.80. The fourth-order valence-corrected chi connectivity index (χ4v) is 2.42. The van der Waals surface area contributed by atoms with Gasteiger partial charge in [-0.15, -0.1) is 24.0 Å². The average Bonchev–Trinajstić information content (AvgIpc) is 2.62. The summed E-state index contributed by atoms with van der Waals surface area (Å²) in [6.07, 6.45) is 2.95. The molecular formula is C19H34IN3O3. The molecule has 0 heterocycles. The number of benzene rings is 1. The summed E-state index contributed by atoms with van der Waals surface area (Å²) < 4.78 is 15.8. The maximum atomic E-state index is 5.44. The Kier molecular flexibility index (Phi) is 15.5. The summed E-state index contributed by atoms with van der Waals surface area (Å²) in [5.74, 6) is 1.76. The molecule has 7 heteroatoms. The topological polar surface area (TPSA) is 64.1 Å². The summed E-state index contributed by atoms with van der Waals surface area (Å²) in [7, 11) is 5.18. The number of methoxy groups -OCH3 is 2. The molecule has 0 bridgehead atoms. The fraction of sp³-hybridized carbons (Fsp3) is 0.632. The first-order valence-electron chi connectivity index (χ1n) is 8.86. The SMILES string of the molecule is CN=C(NCCCCOCCOC)NCCc1cc(C)ccc1OC.I. The van der Waals surface area contributed by atoms with Gasteiger partial charge in [0.15, 0.2) is 5.96 Å². The lowest BCUT2D eigenvalue weighted by molar-refractivity contribution is 0.0689. The molecule has 150 valence electrons. The molecule has 0 aliphatic rings. The van der Waals surface area contributed by atoms with E-state index in [0.717, 1.165) is 50.7 Å². The summed E-state index contributed by atoms with van der Waals surface area (Å²) in [5.41, 5.74) is 2.45. The van der Waals surface area contributed by atoms with Crippen LogP contribution in [0.2, 0.25) is 0 Å². The molecule has 0 aromatic heterocycles. The normalized spacial score (nSPS) is 11.0. The molecule has 0 aliphatic heterocycles. The molecular weight excluding hydrogens is 445 g/mol. The third kappa shape index (κ3) is 10.8. The Morgan fingerprint density at radius 3 is 2.50 bits per heavy atom. The molecule has 0 amide bonds. The van der Waals surface area contributed by atoms with Gasteiger partial charge in [0, 0.05) is 33.9 Å². The van der Waals surface area contributed by atoms with Crippen molar-refractivity contribution in [3.8, 4) is 5.75 Å². The van der Waals surface area contributed by atoms with Crippen LogP contribution in [-0.4, -0.2) is 60.1 Å². The highest BCUT2D eigenvalue weighted by atomic mass is 127. The van der Waals surface area contributed by atoms with Gasteiger partial charge in [-0.05, 0) is 37.8 Å². The summed E-state index contributed by atoms with van der Waals surface area (Å²) in [6.45, 7) is 5.86. The predicted molar refractivity (Wildman–Crippen MR) is 118 cm³/mol. The molecule has 0 spiro atoms. The Morgan fingerprint density at radius 1 is 1.04 bits per heavy atom. The van der Waals surface area contributed by atoms with E-state index in [1.165, 1.54) is 11.1 Å². The Hall–Kier alpha value is -1.06. The van der Waals surface area contributed by atoms with Crippen LogP contribution < -0.4 is 15.4 Å². The van der Waals surface area contributed by atoms with Crippen LogP contribution in [0.3, 0.4) is 0 Å². The molecule has 1 aromatic carbocycles. The van der Waals surface area contributed by atoms with Crippen LogP contribution in [0.25, 0.3) is 0 Å².